The third-order valence-corrected chi connectivity index (χ3v) is 5.77. The van der Waals surface area contributed by atoms with E-state index in [2.05, 4.69) is 0 Å². The van der Waals surface area contributed by atoms with Crippen LogP contribution in [0.25, 0.3) is 0 Å². The maximum Gasteiger partial charge on any atom is 0.272 e. The summed E-state index contributed by atoms with van der Waals surface area (Å²) in [4.78, 5) is 10.4. The van der Waals surface area contributed by atoms with Crippen LogP contribution >= 0.6 is 0 Å². The van der Waals surface area contributed by atoms with Crippen molar-refractivity contribution in [3.8, 4) is 5.75 Å². The van der Waals surface area contributed by atoms with Crippen molar-refractivity contribution in [3.63, 3.8) is 0 Å². The smallest absolute Gasteiger partial charge is 0.272 e. The van der Waals surface area contributed by atoms with Crippen molar-refractivity contribution in [3.05, 3.63) is 23.8 Å². The quantitative estimate of drug-likeness (QED) is 0.469. The number of halogens is 2. The zero-order valence-electron chi connectivity index (χ0n) is 14.2. The lowest BCUT2D eigenvalue weighted by molar-refractivity contribution is -0.108. The van der Waals surface area contributed by atoms with Crippen molar-refractivity contribution in [1.29, 1.82) is 0 Å². The first kappa shape index (κ1) is 20.5. The Bertz CT molecular complexity index is 655. The normalized spacial score (nSPS) is 12.4. The molecule has 0 aromatic heterocycles. The van der Waals surface area contributed by atoms with Gasteiger partial charge in [-0.05, 0) is 42.9 Å². The highest BCUT2D eigenvalue weighted by atomic mass is 32.2. The van der Waals surface area contributed by atoms with Crippen LogP contribution in [0.3, 0.4) is 0 Å². The Labute approximate surface area is 142 Å². The standard InChI is InChI=1S/C17H24F2O4S/c1-13-6-7-14(10-15(13)23-11-16(18)19)24(21,22)12-17(2,3)8-4-5-9-20/h6-7,9-10,16H,4-5,8,11-12H2,1-3H3. The van der Waals surface area contributed by atoms with Gasteiger partial charge in [-0.15, -0.1) is 0 Å². The molecule has 7 heteroatoms. The fraction of sp³-hybridized carbons (Fsp3) is 0.588. The molecule has 0 fully saturated rings. The highest BCUT2D eigenvalue weighted by Crippen LogP contribution is 2.30. The number of carbonyl (C=O) groups excluding carboxylic acids is 1. The molecule has 136 valence electrons. The minimum atomic E-state index is -3.59. The number of hydrogen-bond donors (Lipinski definition) is 0. The summed E-state index contributed by atoms with van der Waals surface area (Å²) in [6.07, 6.45) is -0.174. The Balaban J connectivity index is 2.93. The van der Waals surface area contributed by atoms with Crippen LogP contribution in [0, 0.1) is 12.3 Å². The zero-order chi connectivity index (χ0) is 18.4. The molecule has 0 saturated heterocycles. The van der Waals surface area contributed by atoms with E-state index in [4.69, 9.17) is 4.74 Å². The van der Waals surface area contributed by atoms with Gasteiger partial charge in [-0.3, -0.25) is 0 Å². The molecule has 0 heterocycles. The predicted molar refractivity (Wildman–Crippen MR) is 88.4 cm³/mol. The average molecular weight is 362 g/mol. The van der Waals surface area contributed by atoms with Gasteiger partial charge in [0.15, 0.2) is 9.84 Å². The minimum absolute atomic E-state index is 0.0563. The van der Waals surface area contributed by atoms with Crippen LogP contribution in [-0.2, 0) is 14.6 Å². The molecule has 0 saturated carbocycles. The molecule has 0 amide bonds. The lowest BCUT2D eigenvalue weighted by Crippen LogP contribution is -2.24. The number of carbonyl (C=O) groups is 1. The van der Waals surface area contributed by atoms with Crippen LogP contribution in [0.2, 0.25) is 0 Å². The van der Waals surface area contributed by atoms with Crippen LogP contribution in [-0.4, -0.2) is 33.5 Å². The van der Waals surface area contributed by atoms with Gasteiger partial charge in [-0.25, -0.2) is 17.2 Å². The monoisotopic (exact) mass is 362 g/mol. The topological polar surface area (TPSA) is 60.4 Å². The molecule has 0 aliphatic heterocycles. The molecule has 1 rings (SSSR count). The van der Waals surface area contributed by atoms with E-state index >= 15 is 0 Å². The molecule has 0 spiro atoms. The summed E-state index contributed by atoms with van der Waals surface area (Å²) >= 11 is 0. The van der Waals surface area contributed by atoms with E-state index in [0.29, 0.717) is 24.8 Å². The number of unbranched alkanes of at least 4 members (excludes halogenated alkanes) is 1. The Morgan fingerprint density at radius 1 is 1.29 bits per heavy atom. The molecule has 4 nitrogen and oxygen atoms in total. The highest BCUT2D eigenvalue weighted by Gasteiger charge is 2.27. The average Bonchev–Trinajstić information content (AvgIpc) is 2.45. The third kappa shape index (κ3) is 6.55. The molecule has 0 aliphatic carbocycles. The van der Waals surface area contributed by atoms with Crippen LogP contribution in [0.4, 0.5) is 8.78 Å². The van der Waals surface area contributed by atoms with Crippen molar-refractivity contribution in [2.24, 2.45) is 5.41 Å². The SMILES string of the molecule is Cc1ccc(S(=O)(=O)CC(C)(C)CCCC=O)cc1OCC(F)F. The lowest BCUT2D eigenvalue weighted by atomic mass is 9.90. The highest BCUT2D eigenvalue weighted by molar-refractivity contribution is 7.91. The Morgan fingerprint density at radius 3 is 2.54 bits per heavy atom. The Kier molecular flexibility index (Phi) is 7.32. The molecule has 1 aromatic carbocycles. The molecular formula is C17H24F2O4S. The van der Waals surface area contributed by atoms with Crippen molar-refractivity contribution >= 4 is 16.1 Å². The largest absolute Gasteiger partial charge is 0.487 e. The molecule has 0 aliphatic rings. The van der Waals surface area contributed by atoms with Gasteiger partial charge in [0, 0.05) is 6.42 Å². The molecule has 0 unspecified atom stereocenters. The van der Waals surface area contributed by atoms with Crippen molar-refractivity contribution in [2.45, 2.75) is 51.4 Å². The van der Waals surface area contributed by atoms with Gasteiger partial charge < -0.3 is 9.53 Å². The number of aryl methyl sites for hydroxylation is 1. The molecule has 0 radical (unpaired) electrons. The first-order chi connectivity index (χ1) is 11.1. The molecule has 0 N–H and O–H groups in total. The maximum atomic E-state index is 12.6. The zero-order valence-corrected chi connectivity index (χ0v) is 15.0. The van der Waals surface area contributed by atoms with Gasteiger partial charge in [0.1, 0.15) is 18.6 Å². The third-order valence-electron chi connectivity index (χ3n) is 3.64. The van der Waals surface area contributed by atoms with E-state index in [1.165, 1.54) is 12.1 Å². The molecule has 24 heavy (non-hydrogen) atoms. The predicted octanol–water partition coefficient (Wildman–Crippen LogP) is 3.81. The van der Waals surface area contributed by atoms with E-state index in [1.54, 1.807) is 13.0 Å². The summed E-state index contributed by atoms with van der Waals surface area (Å²) in [5, 5.41) is 0. The summed E-state index contributed by atoms with van der Waals surface area (Å²) in [7, 11) is -3.59. The summed E-state index contributed by atoms with van der Waals surface area (Å²) in [5.41, 5.74) is 0.108. The molecule has 0 bridgehead atoms. The number of sulfone groups is 1. The van der Waals surface area contributed by atoms with Crippen LogP contribution in [0.15, 0.2) is 23.1 Å². The second-order valence-electron chi connectivity index (χ2n) is 6.61. The summed E-state index contributed by atoms with van der Waals surface area (Å²) in [6.45, 7) is 4.55. The van der Waals surface area contributed by atoms with Crippen LogP contribution in [0.1, 0.15) is 38.7 Å². The van der Waals surface area contributed by atoms with E-state index < -0.39 is 28.3 Å². The van der Waals surface area contributed by atoms with Crippen LogP contribution in [0.5, 0.6) is 5.75 Å². The van der Waals surface area contributed by atoms with Gasteiger partial charge >= 0.3 is 0 Å². The fourth-order valence-electron chi connectivity index (χ4n) is 2.42. The number of benzene rings is 1. The number of ether oxygens (including phenoxy) is 1. The van der Waals surface area contributed by atoms with E-state index in [1.807, 2.05) is 13.8 Å². The molecule has 1 aromatic rings. The summed E-state index contributed by atoms with van der Waals surface area (Å²) in [5.74, 6) is 0.0612. The van der Waals surface area contributed by atoms with E-state index in [9.17, 15) is 22.0 Å². The summed E-state index contributed by atoms with van der Waals surface area (Å²) in [6, 6.07) is 4.31. The van der Waals surface area contributed by atoms with Gasteiger partial charge in [0.05, 0.1) is 10.6 Å². The van der Waals surface area contributed by atoms with Crippen molar-refractivity contribution in [1.82, 2.24) is 0 Å². The number of hydrogen-bond acceptors (Lipinski definition) is 4. The minimum Gasteiger partial charge on any atom is -0.487 e. The number of rotatable bonds is 10. The van der Waals surface area contributed by atoms with Crippen molar-refractivity contribution < 1.29 is 26.7 Å². The first-order valence-corrected chi connectivity index (χ1v) is 9.40. The number of alkyl halides is 2. The lowest BCUT2D eigenvalue weighted by Gasteiger charge is -2.24. The van der Waals surface area contributed by atoms with Gasteiger partial charge in [0.25, 0.3) is 6.43 Å². The second kappa shape index (κ2) is 8.55. The summed E-state index contributed by atoms with van der Waals surface area (Å²) < 4.78 is 54.8. The Morgan fingerprint density at radius 2 is 1.96 bits per heavy atom. The second-order valence-corrected chi connectivity index (χ2v) is 8.60. The van der Waals surface area contributed by atoms with Gasteiger partial charge in [-0.1, -0.05) is 19.9 Å². The van der Waals surface area contributed by atoms with E-state index in [0.717, 1.165) is 6.29 Å². The van der Waals surface area contributed by atoms with Crippen molar-refractivity contribution in [2.75, 3.05) is 12.4 Å². The molecular weight excluding hydrogens is 338 g/mol. The van der Waals surface area contributed by atoms with Crippen LogP contribution < -0.4 is 4.74 Å². The molecule has 0 atom stereocenters. The van der Waals surface area contributed by atoms with Gasteiger partial charge in [0.2, 0.25) is 0 Å². The fourth-order valence-corrected chi connectivity index (χ4v) is 4.32. The first-order valence-electron chi connectivity index (χ1n) is 7.75. The van der Waals surface area contributed by atoms with Gasteiger partial charge in [-0.2, -0.15) is 0 Å². The van der Waals surface area contributed by atoms with E-state index in [-0.39, 0.29) is 16.4 Å². The Hall–Kier alpha value is -1.50. The number of aldehydes is 1. The maximum absolute atomic E-state index is 12.6.